The van der Waals surface area contributed by atoms with Crippen molar-refractivity contribution in [3.05, 3.63) is 59.7 Å². The van der Waals surface area contributed by atoms with Crippen LogP contribution in [0.2, 0.25) is 0 Å². The van der Waals surface area contributed by atoms with E-state index in [1.165, 1.54) is 35.4 Å². The SMILES string of the molecule is COCCN1C(=O)N(Cc2cccc(OC)c2)C(=O)C12CCN(Cc1cccc(N3CCCCC3)c1)CC2. The third kappa shape index (κ3) is 5.38. The third-order valence-electron chi connectivity index (χ3n) is 8.34. The fourth-order valence-corrected chi connectivity index (χ4v) is 6.19. The second-order valence-electron chi connectivity index (χ2n) is 10.7. The maximum atomic E-state index is 13.9. The van der Waals surface area contributed by atoms with Gasteiger partial charge in [-0.15, -0.1) is 0 Å². The highest BCUT2D eigenvalue weighted by Crippen LogP contribution is 2.38. The van der Waals surface area contributed by atoms with Crippen molar-refractivity contribution in [2.45, 2.75) is 50.7 Å². The van der Waals surface area contributed by atoms with Gasteiger partial charge < -0.3 is 19.3 Å². The molecule has 38 heavy (non-hydrogen) atoms. The topological polar surface area (TPSA) is 65.6 Å². The number of hydrogen-bond donors (Lipinski definition) is 0. The number of carbonyl (C=O) groups excluding carboxylic acids is 2. The smallest absolute Gasteiger partial charge is 0.328 e. The highest BCUT2D eigenvalue weighted by atomic mass is 16.5. The summed E-state index contributed by atoms with van der Waals surface area (Å²) in [7, 11) is 3.24. The molecule has 0 atom stereocenters. The molecule has 0 aromatic heterocycles. The van der Waals surface area contributed by atoms with Crippen molar-refractivity contribution in [2.75, 3.05) is 58.5 Å². The molecule has 2 aromatic carbocycles. The van der Waals surface area contributed by atoms with Gasteiger partial charge in [0.2, 0.25) is 0 Å². The van der Waals surface area contributed by atoms with Crippen molar-refractivity contribution in [3.8, 4) is 5.75 Å². The van der Waals surface area contributed by atoms with E-state index in [1.807, 2.05) is 24.3 Å². The molecule has 0 unspecified atom stereocenters. The third-order valence-corrected chi connectivity index (χ3v) is 8.34. The molecule has 0 saturated carbocycles. The average Bonchev–Trinajstić information content (AvgIpc) is 3.14. The molecular weight excluding hydrogens is 480 g/mol. The standard InChI is InChI=1S/C30H40N4O4/c1-37-19-18-34-29(36)33(23-25-9-7-11-27(21-25)38-2)28(35)30(34)12-16-31(17-13-30)22-24-8-6-10-26(20-24)32-14-4-3-5-15-32/h6-11,20-21H,3-5,12-19,22-23H2,1-2H3. The first-order valence-corrected chi connectivity index (χ1v) is 13.9. The Morgan fingerprint density at radius 1 is 0.842 bits per heavy atom. The maximum Gasteiger partial charge on any atom is 0.328 e. The molecule has 0 aliphatic carbocycles. The summed E-state index contributed by atoms with van der Waals surface area (Å²) in [5, 5.41) is 0. The normalized spacial score (nSPS) is 20.0. The number of urea groups is 1. The number of likely N-dealkylation sites (tertiary alicyclic amines) is 1. The lowest BCUT2D eigenvalue weighted by atomic mass is 9.85. The lowest BCUT2D eigenvalue weighted by Crippen LogP contribution is -2.57. The van der Waals surface area contributed by atoms with Crippen molar-refractivity contribution in [2.24, 2.45) is 0 Å². The number of hydrogen-bond acceptors (Lipinski definition) is 6. The van der Waals surface area contributed by atoms with Crippen LogP contribution in [-0.4, -0.2) is 85.7 Å². The highest BCUT2D eigenvalue weighted by Gasteiger charge is 2.57. The van der Waals surface area contributed by atoms with Gasteiger partial charge in [-0.3, -0.25) is 14.6 Å². The van der Waals surface area contributed by atoms with Crippen molar-refractivity contribution < 1.29 is 19.1 Å². The van der Waals surface area contributed by atoms with E-state index in [2.05, 4.69) is 34.1 Å². The highest BCUT2D eigenvalue weighted by molar-refractivity contribution is 6.07. The molecule has 3 aliphatic rings. The van der Waals surface area contributed by atoms with Gasteiger partial charge in [-0.25, -0.2) is 4.79 Å². The number of ether oxygens (including phenoxy) is 2. The minimum absolute atomic E-state index is 0.0897. The molecule has 3 heterocycles. The van der Waals surface area contributed by atoms with Gasteiger partial charge in [-0.2, -0.15) is 0 Å². The van der Waals surface area contributed by atoms with E-state index < -0.39 is 5.54 Å². The zero-order chi connectivity index (χ0) is 26.5. The van der Waals surface area contributed by atoms with Crippen LogP contribution in [0.4, 0.5) is 10.5 Å². The van der Waals surface area contributed by atoms with Gasteiger partial charge in [-0.1, -0.05) is 24.3 Å². The summed E-state index contributed by atoms with van der Waals surface area (Å²) in [5.41, 5.74) is 2.68. The van der Waals surface area contributed by atoms with Gasteiger partial charge in [0.15, 0.2) is 0 Å². The summed E-state index contributed by atoms with van der Waals surface area (Å²) in [6, 6.07) is 16.2. The Bertz CT molecular complexity index is 1120. The minimum Gasteiger partial charge on any atom is -0.497 e. The molecule has 0 bridgehead atoms. The van der Waals surface area contributed by atoms with Gasteiger partial charge in [0.25, 0.3) is 5.91 Å². The van der Waals surface area contributed by atoms with Crippen LogP contribution in [0, 0.1) is 0 Å². The Balaban J connectivity index is 1.28. The molecule has 2 aromatic rings. The maximum absolute atomic E-state index is 13.9. The first kappa shape index (κ1) is 26.5. The molecular formula is C30H40N4O4. The van der Waals surface area contributed by atoms with Gasteiger partial charge in [0.05, 0.1) is 20.3 Å². The first-order valence-electron chi connectivity index (χ1n) is 13.9. The summed E-state index contributed by atoms with van der Waals surface area (Å²) in [6.45, 7) is 5.71. The number of imide groups is 1. The van der Waals surface area contributed by atoms with Crippen LogP contribution >= 0.6 is 0 Å². The second-order valence-corrected chi connectivity index (χ2v) is 10.7. The summed E-state index contributed by atoms with van der Waals surface area (Å²) in [6.07, 6.45) is 5.11. The number of benzene rings is 2. The Morgan fingerprint density at radius 2 is 1.55 bits per heavy atom. The number of piperidine rings is 2. The molecule has 5 rings (SSSR count). The van der Waals surface area contributed by atoms with E-state index >= 15 is 0 Å². The number of anilines is 1. The summed E-state index contributed by atoms with van der Waals surface area (Å²) in [4.78, 5) is 35.5. The van der Waals surface area contributed by atoms with Crippen LogP contribution < -0.4 is 9.64 Å². The Hall–Kier alpha value is -3.10. The van der Waals surface area contributed by atoms with E-state index in [0.717, 1.165) is 38.3 Å². The predicted octanol–water partition coefficient (Wildman–Crippen LogP) is 4.13. The molecule has 3 aliphatic heterocycles. The number of methoxy groups -OCH3 is 2. The van der Waals surface area contributed by atoms with Crippen LogP contribution in [0.5, 0.6) is 5.75 Å². The molecule has 0 radical (unpaired) electrons. The molecule has 8 heteroatoms. The van der Waals surface area contributed by atoms with Gasteiger partial charge >= 0.3 is 6.03 Å². The number of rotatable bonds is 9. The number of nitrogens with zero attached hydrogens (tertiary/aromatic N) is 4. The summed E-state index contributed by atoms with van der Waals surface area (Å²) < 4.78 is 10.6. The Morgan fingerprint density at radius 3 is 2.26 bits per heavy atom. The van der Waals surface area contributed by atoms with Gasteiger partial charge in [-0.05, 0) is 67.5 Å². The monoisotopic (exact) mass is 520 g/mol. The van der Waals surface area contributed by atoms with Crippen LogP contribution in [-0.2, 0) is 22.6 Å². The number of carbonyl (C=O) groups is 2. The molecule has 204 valence electrons. The molecule has 0 N–H and O–H groups in total. The Labute approximate surface area is 226 Å². The quantitative estimate of drug-likeness (QED) is 0.464. The largest absolute Gasteiger partial charge is 0.497 e. The number of amides is 3. The van der Waals surface area contributed by atoms with Crippen LogP contribution in [0.1, 0.15) is 43.2 Å². The van der Waals surface area contributed by atoms with E-state index in [0.29, 0.717) is 31.7 Å². The lowest BCUT2D eigenvalue weighted by Gasteiger charge is -2.42. The summed E-state index contributed by atoms with van der Waals surface area (Å²) in [5.74, 6) is 0.624. The van der Waals surface area contributed by atoms with Crippen molar-refractivity contribution in [3.63, 3.8) is 0 Å². The molecule has 3 saturated heterocycles. The van der Waals surface area contributed by atoms with Crippen LogP contribution in [0.3, 0.4) is 0 Å². The fourth-order valence-electron chi connectivity index (χ4n) is 6.19. The van der Waals surface area contributed by atoms with Gasteiger partial charge in [0, 0.05) is 52.1 Å². The van der Waals surface area contributed by atoms with Crippen molar-refractivity contribution >= 4 is 17.6 Å². The van der Waals surface area contributed by atoms with Crippen molar-refractivity contribution in [1.82, 2.24) is 14.7 Å². The fraction of sp³-hybridized carbons (Fsp3) is 0.533. The summed E-state index contributed by atoms with van der Waals surface area (Å²) >= 11 is 0. The zero-order valence-electron chi connectivity index (χ0n) is 22.7. The predicted molar refractivity (Wildman–Crippen MR) is 147 cm³/mol. The van der Waals surface area contributed by atoms with E-state index in [9.17, 15) is 9.59 Å². The van der Waals surface area contributed by atoms with Crippen LogP contribution in [0.25, 0.3) is 0 Å². The van der Waals surface area contributed by atoms with Crippen molar-refractivity contribution in [1.29, 1.82) is 0 Å². The van der Waals surface area contributed by atoms with Gasteiger partial charge in [0.1, 0.15) is 11.3 Å². The van der Waals surface area contributed by atoms with Crippen LogP contribution in [0.15, 0.2) is 48.5 Å². The van der Waals surface area contributed by atoms with E-state index in [4.69, 9.17) is 9.47 Å². The Kier molecular flexibility index (Phi) is 8.19. The molecule has 1 spiro atoms. The molecule has 8 nitrogen and oxygen atoms in total. The first-order chi connectivity index (χ1) is 18.5. The zero-order valence-corrected chi connectivity index (χ0v) is 22.7. The molecule has 3 fully saturated rings. The average molecular weight is 521 g/mol. The second kappa shape index (κ2) is 11.7. The molecule has 3 amide bonds. The minimum atomic E-state index is -0.805. The lowest BCUT2D eigenvalue weighted by molar-refractivity contribution is -0.136. The van der Waals surface area contributed by atoms with E-state index in [1.54, 1.807) is 19.1 Å². The van der Waals surface area contributed by atoms with E-state index in [-0.39, 0.29) is 18.5 Å².